The normalized spacial score (nSPS) is 6.83. The summed E-state index contributed by atoms with van der Waals surface area (Å²) in [6.45, 7) is 0. The minimum Gasteiger partial charge on any atom is -0.472 e. The molecule has 1 N–H and O–H groups in total. The van der Waals surface area contributed by atoms with Crippen LogP contribution in [0.2, 0.25) is 0 Å². The molecule has 0 radical (unpaired) electrons. The van der Waals surface area contributed by atoms with Crippen LogP contribution >= 0.6 is 12.2 Å². The Bertz CT molecular complexity index is 71.9. The van der Waals surface area contributed by atoms with E-state index in [0.29, 0.717) is 0 Å². The molecule has 0 bridgehead atoms. The van der Waals surface area contributed by atoms with Crippen molar-refractivity contribution in [2.75, 3.05) is 7.11 Å². The van der Waals surface area contributed by atoms with E-state index in [-0.39, 0.29) is 5.17 Å². The fraction of sp³-hybridized carbons (Fsp3) is 0.500. The van der Waals surface area contributed by atoms with Gasteiger partial charge in [0.1, 0.15) is 0 Å². The van der Waals surface area contributed by atoms with E-state index in [2.05, 4.69) is 22.1 Å². The van der Waals surface area contributed by atoms with Crippen molar-refractivity contribution in [1.29, 1.82) is 5.53 Å². The van der Waals surface area contributed by atoms with Gasteiger partial charge in [-0.25, -0.2) is 5.53 Å². The molecule has 0 amide bonds. The summed E-state index contributed by atoms with van der Waals surface area (Å²) < 4.78 is 4.28. The molecule has 0 aromatic rings. The Labute approximate surface area is 40.8 Å². The van der Waals surface area contributed by atoms with Gasteiger partial charge >= 0.3 is 5.17 Å². The zero-order valence-corrected chi connectivity index (χ0v) is 4.08. The highest BCUT2D eigenvalue weighted by atomic mass is 32.1. The number of thiocarbonyl (C=S) groups is 1. The molecular formula is C2H4N2OS. The Kier molecular flexibility index (Phi) is 2.48. The molecule has 0 heterocycles. The maximum atomic E-state index is 6.17. The van der Waals surface area contributed by atoms with Crippen LogP contribution in [0.15, 0.2) is 5.11 Å². The molecule has 0 fully saturated rings. The van der Waals surface area contributed by atoms with Crippen molar-refractivity contribution in [3.8, 4) is 0 Å². The molecule has 0 aliphatic carbocycles. The van der Waals surface area contributed by atoms with Gasteiger partial charge in [-0.2, -0.15) is 0 Å². The average molecular weight is 104 g/mol. The number of hydrogen-bond acceptors (Lipinski definition) is 3. The van der Waals surface area contributed by atoms with Gasteiger partial charge in [0.25, 0.3) is 0 Å². The summed E-state index contributed by atoms with van der Waals surface area (Å²) in [5.41, 5.74) is 6.17. The fourth-order valence-electron chi connectivity index (χ4n) is 0.0456. The zero-order valence-electron chi connectivity index (χ0n) is 3.26. The summed E-state index contributed by atoms with van der Waals surface area (Å²) in [5.74, 6) is 0. The van der Waals surface area contributed by atoms with Gasteiger partial charge in [0.2, 0.25) is 0 Å². The second-order valence-electron chi connectivity index (χ2n) is 0.582. The summed E-state index contributed by atoms with van der Waals surface area (Å²) in [4.78, 5) is 0. The standard InChI is InChI=1S/C2H4N2OS/c1-5-2(6)4-3/h3H,1H3. The van der Waals surface area contributed by atoms with E-state index in [4.69, 9.17) is 5.53 Å². The predicted octanol–water partition coefficient (Wildman–Crippen LogP) is 0.949. The van der Waals surface area contributed by atoms with Crippen LogP contribution in [0.25, 0.3) is 0 Å². The number of rotatable bonds is 0. The molecule has 0 aliphatic rings. The lowest BCUT2D eigenvalue weighted by Crippen LogP contribution is -1.87. The molecule has 0 atom stereocenters. The Balaban J connectivity index is 3.23. The fourth-order valence-corrected chi connectivity index (χ4v) is 0.0456. The predicted molar refractivity (Wildman–Crippen MR) is 24.8 cm³/mol. The van der Waals surface area contributed by atoms with Gasteiger partial charge in [-0.1, -0.05) is 0 Å². The van der Waals surface area contributed by atoms with Crippen molar-refractivity contribution >= 4 is 17.4 Å². The lowest BCUT2D eigenvalue weighted by atomic mass is 11.3. The second kappa shape index (κ2) is 2.71. The summed E-state index contributed by atoms with van der Waals surface area (Å²) in [7, 11) is 1.38. The Morgan fingerprint density at radius 2 is 2.50 bits per heavy atom. The van der Waals surface area contributed by atoms with Crippen molar-refractivity contribution < 1.29 is 4.74 Å². The largest absolute Gasteiger partial charge is 0.472 e. The lowest BCUT2D eigenvalue weighted by molar-refractivity contribution is 0.405. The third-order valence-electron chi connectivity index (χ3n) is 0.266. The molecule has 0 aliphatic heterocycles. The highest BCUT2D eigenvalue weighted by molar-refractivity contribution is 7.80. The molecule has 4 heteroatoms. The SMILES string of the molecule is COC(=S)N=N. The van der Waals surface area contributed by atoms with Crippen LogP contribution in [0.4, 0.5) is 0 Å². The first-order valence-corrected chi connectivity index (χ1v) is 1.67. The number of methoxy groups -OCH3 is 1. The van der Waals surface area contributed by atoms with E-state index in [1.807, 2.05) is 0 Å². The van der Waals surface area contributed by atoms with E-state index >= 15 is 0 Å². The number of nitrogens with one attached hydrogen (secondary N) is 1. The molecule has 0 saturated heterocycles. The van der Waals surface area contributed by atoms with Crippen molar-refractivity contribution in [3.63, 3.8) is 0 Å². The monoisotopic (exact) mass is 104 g/mol. The maximum Gasteiger partial charge on any atom is 0.301 e. The first-order chi connectivity index (χ1) is 2.81. The van der Waals surface area contributed by atoms with Gasteiger partial charge < -0.3 is 4.74 Å². The Hall–Kier alpha value is -0.510. The number of nitrogens with zero attached hydrogens (tertiary/aromatic N) is 1. The van der Waals surface area contributed by atoms with Crippen molar-refractivity contribution in [2.45, 2.75) is 0 Å². The molecule has 0 saturated carbocycles. The van der Waals surface area contributed by atoms with Gasteiger partial charge in [-0.05, 0) is 12.2 Å². The molecule has 6 heavy (non-hydrogen) atoms. The summed E-state index contributed by atoms with van der Waals surface area (Å²) >= 11 is 4.28. The quantitative estimate of drug-likeness (QED) is 0.367. The van der Waals surface area contributed by atoms with Crippen LogP contribution in [0.5, 0.6) is 0 Å². The third kappa shape index (κ3) is 1.78. The van der Waals surface area contributed by atoms with Gasteiger partial charge in [-0.15, -0.1) is 5.11 Å². The summed E-state index contributed by atoms with van der Waals surface area (Å²) in [6, 6.07) is 0. The maximum absolute atomic E-state index is 6.17. The van der Waals surface area contributed by atoms with Crippen LogP contribution in [-0.2, 0) is 4.74 Å². The van der Waals surface area contributed by atoms with E-state index in [1.165, 1.54) is 7.11 Å². The van der Waals surface area contributed by atoms with E-state index in [1.54, 1.807) is 0 Å². The number of hydrogen-bond donors (Lipinski definition) is 1. The second-order valence-corrected chi connectivity index (χ2v) is 0.931. The van der Waals surface area contributed by atoms with Crippen molar-refractivity contribution in [3.05, 3.63) is 0 Å². The van der Waals surface area contributed by atoms with Crippen LogP contribution in [-0.4, -0.2) is 12.3 Å². The first-order valence-electron chi connectivity index (χ1n) is 1.26. The molecule has 0 aromatic carbocycles. The molecular weight excluding hydrogens is 100 g/mol. The van der Waals surface area contributed by atoms with Crippen molar-refractivity contribution in [1.82, 2.24) is 0 Å². The third-order valence-corrected chi connectivity index (χ3v) is 0.524. The smallest absolute Gasteiger partial charge is 0.301 e. The van der Waals surface area contributed by atoms with E-state index in [0.717, 1.165) is 0 Å². The Morgan fingerprint density at radius 3 is 2.50 bits per heavy atom. The van der Waals surface area contributed by atoms with Gasteiger partial charge in [0.15, 0.2) is 0 Å². The molecule has 0 aromatic heterocycles. The average Bonchev–Trinajstić information content (AvgIpc) is 1.65. The summed E-state index contributed by atoms with van der Waals surface area (Å²) in [6.07, 6.45) is 0. The van der Waals surface area contributed by atoms with E-state index < -0.39 is 0 Å². The first kappa shape index (κ1) is 5.49. The molecule has 0 spiro atoms. The lowest BCUT2D eigenvalue weighted by Gasteiger charge is -1.84. The highest BCUT2D eigenvalue weighted by Crippen LogP contribution is 1.75. The topological polar surface area (TPSA) is 45.4 Å². The molecule has 0 unspecified atom stereocenters. The molecule has 0 rings (SSSR count). The summed E-state index contributed by atoms with van der Waals surface area (Å²) in [5, 5.41) is 2.73. The van der Waals surface area contributed by atoms with Gasteiger partial charge in [0.05, 0.1) is 7.11 Å². The number of ether oxygens (including phenoxy) is 1. The van der Waals surface area contributed by atoms with Crippen LogP contribution in [0.3, 0.4) is 0 Å². The van der Waals surface area contributed by atoms with Crippen LogP contribution in [0.1, 0.15) is 0 Å². The van der Waals surface area contributed by atoms with Gasteiger partial charge in [0, 0.05) is 0 Å². The molecule has 3 nitrogen and oxygen atoms in total. The van der Waals surface area contributed by atoms with Gasteiger partial charge in [-0.3, -0.25) is 0 Å². The minimum absolute atomic E-state index is 0.0324. The molecule has 34 valence electrons. The Morgan fingerprint density at radius 1 is 2.00 bits per heavy atom. The highest BCUT2D eigenvalue weighted by Gasteiger charge is 1.79. The zero-order chi connectivity index (χ0) is 4.99. The van der Waals surface area contributed by atoms with Crippen LogP contribution < -0.4 is 0 Å². The van der Waals surface area contributed by atoms with Crippen molar-refractivity contribution in [2.24, 2.45) is 5.11 Å². The van der Waals surface area contributed by atoms with E-state index in [9.17, 15) is 0 Å². The minimum atomic E-state index is -0.0324. The van der Waals surface area contributed by atoms with Crippen LogP contribution in [0, 0.1) is 5.53 Å².